The van der Waals surface area contributed by atoms with Crippen LogP contribution in [0, 0.1) is 0 Å². The molecule has 0 bridgehead atoms. The lowest BCUT2D eigenvalue weighted by Gasteiger charge is -2.29. The summed E-state index contributed by atoms with van der Waals surface area (Å²) >= 11 is 0. The highest BCUT2D eigenvalue weighted by atomic mass is 16.4. The maximum Gasteiger partial charge on any atom is 0.333 e. The van der Waals surface area contributed by atoms with E-state index in [0.29, 0.717) is 0 Å². The van der Waals surface area contributed by atoms with Crippen molar-refractivity contribution >= 4 is 5.97 Å². The lowest BCUT2D eigenvalue weighted by Crippen LogP contribution is -2.39. The van der Waals surface area contributed by atoms with Crippen molar-refractivity contribution in [3.63, 3.8) is 0 Å². The Morgan fingerprint density at radius 3 is 1.94 bits per heavy atom. The van der Waals surface area contributed by atoms with E-state index < -0.39 is 29.0 Å². The highest BCUT2D eigenvalue weighted by molar-refractivity contribution is 5.75. The second-order valence-corrected chi connectivity index (χ2v) is 4.32. The average molecular weight is 242 g/mol. The molecule has 0 spiro atoms. The molecule has 0 radical (unpaired) electrons. The summed E-state index contributed by atoms with van der Waals surface area (Å²) in [5.74, 6) is -2.79. The Morgan fingerprint density at radius 1 is 1.18 bits per heavy atom. The van der Waals surface area contributed by atoms with Gasteiger partial charge in [0, 0.05) is 23.1 Å². The zero-order chi connectivity index (χ0) is 13.4. The van der Waals surface area contributed by atoms with Crippen molar-refractivity contribution in [2.75, 3.05) is 0 Å². The molecule has 0 saturated carbocycles. The van der Waals surface area contributed by atoms with Gasteiger partial charge in [0.25, 0.3) is 0 Å². The van der Waals surface area contributed by atoms with Crippen molar-refractivity contribution in [2.45, 2.75) is 25.4 Å². The number of hydrogen-bond donors (Lipinski definition) is 5. The topological polar surface area (TPSA) is 118 Å². The fraction of sp³-hybridized carbons (Fsp3) is 0.364. The van der Waals surface area contributed by atoms with Gasteiger partial charge in [-0.25, -0.2) is 4.79 Å². The lowest BCUT2D eigenvalue weighted by molar-refractivity contribution is -0.150. The Morgan fingerprint density at radius 2 is 1.59 bits per heavy atom. The summed E-state index contributed by atoms with van der Waals surface area (Å²) in [6.07, 6.45) is -1.80. The molecule has 0 saturated heterocycles. The minimum absolute atomic E-state index is 0.134. The summed E-state index contributed by atoms with van der Waals surface area (Å²) in [5.41, 5.74) is -1.54. The van der Waals surface area contributed by atoms with Crippen LogP contribution in [-0.4, -0.2) is 37.6 Å². The minimum Gasteiger partial charge on any atom is -0.508 e. The maximum atomic E-state index is 10.7. The van der Waals surface area contributed by atoms with Gasteiger partial charge in [-0.1, -0.05) is 13.8 Å². The summed E-state index contributed by atoms with van der Waals surface area (Å²) in [6, 6.07) is 1.93. The second kappa shape index (κ2) is 4.14. The third kappa shape index (κ3) is 2.26. The van der Waals surface area contributed by atoms with Gasteiger partial charge < -0.3 is 25.5 Å². The van der Waals surface area contributed by atoms with E-state index in [0.717, 1.165) is 12.1 Å². The molecule has 0 heterocycles. The number of aliphatic hydroxyl groups is 1. The van der Waals surface area contributed by atoms with Gasteiger partial charge in [-0.2, -0.15) is 0 Å². The molecular weight excluding hydrogens is 228 g/mol. The van der Waals surface area contributed by atoms with Crippen LogP contribution in [0.1, 0.15) is 19.4 Å². The van der Waals surface area contributed by atoms with Gasteiger partial charge in [-0.15, -0.1) is 0 Å². The van der Waals surface area contributed by atoms with Crippen molar-refractivity contribution in [3.8, 4) is 17.2 Å². The van der Waals surface area contributed by atoms with Crippen molar-refractivity contribution in [3.05, 3.63) is 17.7 Å². The van der Waals surface area contributed by atoms with Gasteiger partial charge in [0.1, 0.15) is 17.2 Å². The molecule has 1 aromatic rings. The highest BCUT2D eigenvalue weighted by Gasteiger charge is 2.39. The van der Waals surface area contributed by atoms with Gasteiger partial charge in [0.15, 0.2) is 6.10 Å². The van der Waals surface area contributed by atoms with E-state index in [4.69, 9.17) is 10.2 Å². The number of hydrogen-bond acceptors (Lipinski definition) is 5. The molecule has 0 amide bonds. The first-order valence-corrected chi connectivity index (χ1v) is 4.84. The zero-order valence-electron chi connectivity index (χ0n) is 9.38. The van der Waals surface area contributed by atoms with Gasteiger partial charge in [0.2, 0.25) is 0 Å². The van der Waals surface area contributed by atoms with Crippen LogP contribution in [0.2, 0.25) is 0 Å². The van der Waals surface area contributed by atoms with Gasteiger partial charge in [-0.3, -0.25) is 0 Å². The number of rotatable bonds is 3. The van der Waals surface area contributed by atoms with Crippen LogP contribution in [0.5, 0.6) is 17.2 Å². The van der Waals surface area contributed by atoms with Crippen LogP contribution in [0.3, 0.4) is 0 Å². The number of aliphatic hydroxyl groups excluding tert-OH is 1. The van der Waals surface area contributed by atoms with E-state index in [1.165, 1.54) is 13.8 Å². The Balaban J connectivity index is 3.38. The second-order valence-electron chi connectivity index (χ2n) is 4.32. The highest BCUT2D eigenvalue weighted by Crippen LogP contribution is 2.42. The first-order chi connectivity index (χ1) is 7.67. The third-order valence-corrected chi connectivity index (χ3v) is 2.64. The van der Waals surface area contributed by atoms with E-state index >= 15 is 0 Å². The molecule has 0 aliphatic carbocycles. The minimum atomic E-state index is -1.80. The fourth-order valence-electron chi connectivity index (χ4n) is 1.70. The molecule has 0 aliphatic rings. The summed E-state index contributed by atoms with van der Waals surface area (Å²) in [5, 5.41) is 46.7. The van der Waals surface area contributed by atoms with Crippen LogP contribution in [-0.2, 0) is 10.2 Å². The Hall–Kier alpha value is -1.95. The molecule has 1 atom stereocenters. The Kier molecular flexibility index (Phi) is 3.19. The van der Waals surface area contributed by atoms with E-state index in [-0.39, 0.29) is 11.3 Å². The fourth-order valence-corrected chi connectivity index (χ4v) is 1.70. The molecule has 94 valence electrons. The number of carboxylic acids is 1. The average Bonchev–Trinajstić information content (AvgIpc) is 2.13. The van der Waals surface area contributed by atoms with Gasteiger partial charge in [-0.05, 0) is 0 Å². The normalized spacial score (nSPS) is 13.4. The molecule has 0 aliphatic heterocycles. The van der Waals surface area contributed by atoms with Crippen LogP contribution < -0.4 is 0 Å². The van der Waals surface area contributed by atoms with Crippen molar-refractivity contribution in [2.24, 2.45) is 0 Å². The molecule has 1 aromatic carbocycles. The van der Waals surface area contributed by atoms with Crippen molar-refractivity contribution in [1.29, 1.82) is 0 Å². The zero-order valence-corrected chi connectivity index (χ0v) is 9.38. The van der Waals surface area contributed by atoms with Crippen LogP contribution in [0.25, 0.3) is 0 Å². The predicted octanol–water partition coefficient (Wildman–Crippen LogP) is 0.526. The first kappa shape index (κ1) is 13.1. The summed E-state index contributed by atoms with van der Waals surface area (Å²) in [4.78, 5) is 10.7. The molecule has 1 unspecified atom stereocenters. The molecule has 0 fully saturated rings. The van der Waals surface area contributed by atoms with Crippen molar-refractivity contribution in [1.82, 2.24) is 0 Å². The number of phenols is 3. The van der Waals surface area contributed by atoms with E-state index in [2.05, 4.69) is 0 Å². The molecule has 5 N–H and O–H groups in total. The molecule has 6 nitrogen and oxygen atoms in total. The van der Waals surface area contributed by atoms with E-state index in [1.54, 1.807) is 0 Å². The number of phenolic OH excluding ortho intramolecular Hbond substituents is 3. The maximum absolute atomic E-state index is 10.7. The molecule has 17 heavy (non-hydrogen) atoms. The van der Waals surface area contributed by atoms with Gasteiger partial charge >= 0.3 is 5.97 Å². The Labute approximate surface area is 97.4 Å². The number of benzene rings is 1. The predicted molar refractivity (Wildman–Crippen MR) is 58.1 cm³/mol. The monoisotopic (exact) mass is 242 g/mol. The van der Waals surface area contributed by atoms with Crippen molar-refractivity contribution < 1.29 is 30.3 Å². The molecule has 1 rings (SSSR count). The van der Waals surface area contributed by atoms with Crippen LogP contribution in [0.15, 0.2) is 12.1 Å². The Bertz CT molecular complexity index is 428. The van der Waals surface area contributed by atoms with Gasteiger partial charge in [0.05, 0.1) is 0 Å². The third-order valence-electron chi connectivity index (χ3n) is 2.64. The van der Waals surface area contributed by atoms with Crippen LogP contribution in [0.4, 0.5) is 0 Å². The SMILES string of the molecule is CC(C)(c1c(O)cc(O)cc1O)C(O)C(=O)O. The molecular formula is C11H14O6. The number of aromatic hydroxyl groups is 3. The van der Waals surface area contributed by atoms with E-state index in [9.17, 15) is 20.1 Å². The summed E-state index contributed by atoms with van der Waals surface area (Å²) in [6.45, 7) is 2.72. The number of carbonyl (C=O) groups is 1. The molecule has 6 heteroatoms. The number of aliphatic carboxylic acids is 1. The summed E-state index contributed by atoms with van der Waals surface area (Å²) in [7, 11) is 0. The first-order valence-electron chi connectivity index (χ1n) is 4.84. The standard InChI is InChI=1S/C11H14O6/c1-11(2,9(15)10(16)17)8-6(13)3-5(12)4-7(8)14/h3-4,9,12-15H,1-2H3,(H,16,17). The van der Waals surface area contributed by atoms with E-state index in [1.807, 2.05) is 0 Å². The number of carboxylic acid groups (broad SMARTS) is 1. The smallest absolute Gasteiger partial charge is 0.333 e. The lowest BCUT2D eigenvalue weighted by atomic mass is 9.78. The van der Waals surface area contributed by atoms with Crippen LogP contribution >= 0.6 is 0 Å². The quantitative estimate of drug-likeness (QED) is 0.527. The largest absolute Gasteiger partial charge is 0.508 e. The summed E-state index contributed by atoms with van der Waals surface area (Å²) < 4.78 is 0. The molecule has 0 aromatic heterocycles.